The second-order valence-electron chi connectivity index (χ2n) is 8.98. The first-order chi connectivity index (χ1) is 19.2. The molecule has 0 aliphatic heterocycles. The number of benzene rings is 4. The summed E-state index contributed by atoms with van der Waals surface area (Å²) in [6.07, 6.45) is 0. The maximum atomic E-state index is 13.7. The van der Waals surface area contributed by atoms with Gasteiger partial charge in [0.25, 0.3) is 10.0 Å². The number of nitrogens with zero attached hydrogens (tertiary/aromatic N) is 1. The van der Waals surface area contributed by atoms with Crippen LogP contribution in [0.4, 0.5) is 10.1 Å². The second-order valence-corrected chi connectivity index (χ2v) is 11.3. The van der Waals surface area contributed by atoms with Crippen molar-refractivity contribution in [3.8, 4) is 11.5 Å². The summed E-state index contributed by atoms with van der Waals surface area (Å²) in [6, 6.07) is 24.1. The van der Waals surface area contributed by atoms with E-state index in [2.05, 4.69) is 5.32 Å². The van der Waals surface area contributed by atoms with Crippen LogP contribution < -0.4 is 19.1 Å². The van der Waals surface area contributed by atoms with Gasteiger partial charge in [-0.3, -0.25) is 9.10 Å². The number of anilines is 1. The molecule has 7 nitrogen and oxygen atoms in total. The van der Waals surface area contributed by atoms with Crippen LogP contribution in [0.25, 0.3) is 0 Å². The van der Waals surface area contributed by atoms with Crippen molar-refractivity contribution in [2.75, 3.05) is 18.0 Å². The van der Waals surface area contributed by atoms with E-state index in [4.69, 9.17) is 21.1 Å². The summed E-state index contributed by atoms with van der Waals surface area (Å²) in [5.41, 5.74) is 2.67. The maximum absolute atomic E-state index is 13.7. The Morgan fingerprint density at radius 1 is 0.925 bits per heavy atom. The zero-order valence-corrected chi connectivity index (χ0v) is 23.5. The quantitative estimate of drug-likeness (QED) is 0.238. The van der Waals surface area contributed by atoms with Crippen LogP contribution in [0.5, 0.6) is 11.5 Å². The summed E-state index contributed by atoms with van der Waals surface area (Å²) < 4.78 is 52.5. The Morgan fingerprint density at radius 3 is 2.23 bits per heavy atom. The first-order valence-electron chi connectivity index (χ1n) is 12.3. The smallest absolute Gasteiger partial charge is 0.264 e. The molecule has 0 aliphatic rings. The number of sulfonamides is 1. The van der Waals surface area contributed by atoms with Crippen molar-refractivity contribution in [3.63, 3.8) is 0 Å². The number of hydrogen-bond donors (Lipinski definition) is 1. The van der Waals surface area contributed by atoms with Gasteiger partial charge in [0.1, 0.15) is 30.5 Å². The number of ether oxygens (including phenoxy) is 2. The molecule has 0 aliphatic carbocycles. The first-order valence-corrected chi connectivity index (χ1v) is 14.1. The SMILES string of the molecule is COc1ccc(Cl)cc1N(CC(=O)NCc1ccc(OCc2ccc(F)cc2)cc1)S(=O)(=O)c1ccc(C)cc1. The number of methoxy groups -OCH3 is 1. The normalized spacial score (nSPS) is 11.1. The highest BCUT2D eigenvalue weighted by molar-refractivity contribution is 7.92. The average molecular weight is 583 g/mol. The third kappa shape index (κ3) is 7.31. The number of aryl methyl sites for hydroxylation is 1. The Morgan fingerprint density at radius 2 is 1.57 bits per heavy atom. The molecule has 1 amide bonds. The molecule has 208 valence electrons. The van der Waals surface area contributed by atoms with E-state index in [0.717, 1.165) is 21.0 Å². The molecule has 0 aromatic heterocycles. The van der Waals surface area contributed by atoms with Crippen molar-refractivity contribution < 1.29 is 27.1 Å². The van der Waals surface area contributed by atoms with E-state index in [-0.39, 0.29) is 35.3 Å². The lowest BCUT2D eigenvalue weighted by atomic mass is 10.2. The predicted octanol–water partition coefficient (Wildman–Crippen LogP) is 5.89. The molecule has 4 rings (SSSR count). The highest BCUT2D eigenvalue weighted by atomic mass is 35.5. The number of halogens is 2. The van der Waals surface area contributed by atoms with Gasteiger partial charge in [-0.25, -0.2) is 12.8 Å². The summed E-state index contributed by atoms with van der Waals surface area (Å²) in [6.45, 7) is 1.81. The molecule has 0 spiro atoms. The minimum Gasteiger partial charge on any atom is -0.495 e. The highest BCUT2D eigenvalue weighted by Crippen LogP contribution is 2.34. The number of carbonyl (C=O) groups excluding carboxylic acids is 1. The van der Waals surface area contributed by atoms with Gasteiger partial charge >= 0.3 is 0 Å². The minimum atomic E-state index is -4.14. The van der Waals surface area contributed by atoms with Crippen LogP contribution in [-0.4, -0.2) is 28.0 Å². The number of nitrogens with one attached hydrogen (secondary N) is 1. The molecule has 0 atom stereocenters. The first kappa shape index (κ1) is 28.9. The van der Waals surface area contributed by atoms with Crippen LogP contribution in [0.1, 0.15) is 16.7 Å². The molecule has 10 heteroatoms. The van der Waals surface area contributed by atoms with Gasteiger partial charge in [-0.05, 0) is 72.6 Å². The van der Waals surface area contributed by atoms with Crippen LogP contribution >= 0.6 is 11.6 Å². The topological polar surface area (TPSA) is 84.9 Å². The largest absolute Gasteiger partial charge is 0.495 e. The van der Waals surface area contributed by atoms with E-state index < -0.39 is 22.5 Å². The van der Waals surface area contributed by atoms with Gasteiger partial charge in [0.2, 0.25) is 5.91 Å². The Hall–Kier alpha value is -4.08. The van der Waals surface area contributed by atoms with Crippen molar-refractivity contribution in [2.24, 2.45) is 0 Å². The molecular weight excluding hydrogens is 555 g/mol. The predicted molar refractivity (Wildman–Crippen MR) is 153 cm³/mol. The summed E-state index contributed by atoms with van der Waals surface area (Å²) in [7, 11) is -2.73. The van der Waals surface area contributed by atoms with Gasteiger partial charge in [0, 0.05) is 11.6 Å². The Balaban J connectivity index is 1.46. The van der Waals surface area contributed by atoms with Crippen LogP contribution in [0.2, 0.25) is 5.02 Å². The van der Waals surface area contributed by atoms with Gasteiger partial charge in [-0.15, -0.1) is 0 Å². The van der Waals surface area contributed by atoms with E-state index >= 15 is 0 Å². The average Bonchev–Trinajstić information content (AvgIpc) is 2.95. The molecule has 0 saturated carbocycles. The van der Waals surface area contributed by atoms with E-state index in [1.807, 2.05) is 6.92 Å². The molecule has 4 aromatic rings. The number of hydrogen-bond acceptors (Lipinski definition) is 5. The minimum absolute atomic E-state index is 0.0316. The molecule has 0 bridgehead atoms. The number of rotatable bonds is 11. The third-order valence-electron chi connectivity index (χ3n) is 6.04. The molecule has 4 aromatic carbocycles. The van der Waals surface area contributed by atoms with E-state index in [1.165, 1.54) is 37.4 Å². The van der Waals surface area contributed by atoms with Gasteiger partial charge in [0.15, 0.2) is 0 Å². The molecule has 1 N–H and O–H groups in total. The number of carbonyl (C=O) groups is 1. The summed E-state index contributed by atoms with van der Waals surface area (Å²) in [5.74, 6) is 0.0407. The molecule has 0 fully saturated rings. The van der Waals surface area contributed by atoms with Gasteiger partial charge in [0.05, 0.1) is 17.7 Å². The van der Waals surface area contributed by atoms with Crippen molar-refractivity contribution in [1.82, 2.24) is 5.32 Å². The van der Waals surface area contributed by atoms with Crippen molar-refractivity contribution in [2.45, 2.75) is 25.0 Å². The van der Waals surface area contributed by atoms with Gasteiger partial charge < -0.3 is 14.8 Å². The summed E-state index contributed by atoms with van der Waals surface area (Å²) >= 11 is 6.19. The van der Waals surface area contributed by atoms with Crippen molar-refractivity contribution in [1.29, 1.82) is 0 Å². The van der Waals surface area contributed by atoms with Gasteiger partial charge in [-0.1, -0.05) is 53.6 Å². The molecule has 0 radical (unpaired) electrons. The van der Waals surface area contributed by atoms with Crippen molar-refractivity contribution >= 4 is 33.2 Å². The fraction of sp³-hybridized carbons (Fsp3) is 0.167. The lowest BCUT2D eigenvalue weighted by Gasteiger charge is -2.26. The number of amides is 1. The Bertz CT molecular complexity index is 1560. The Labute approximate surface area is 238 Å². The molecule has 40 heavy (non-hydrogen) atoms. The maximum Gasteiger partial charge on any atom is 0.264 e. The molecule has 0 heterocycles. The van der Waals surface area contributed by atoms with Crippen molar-refractivity contribution in [3.05, 3.63) is 119 Å². The fourth-order valence-electron chi connectivity index (χ4n) is 3.83. The summed E-state index contributed by atoms with van der Waals surface area (Å²) in [5, 5.41) is 3.06. The summed E-state index contributed by atoms with van der Waals surface area (Å²) in [4.78, 5) is 13.1. The molecular formula is C30H28ClFN2O5S. The van der Waals surface area contributed by atoms with E-state index in [0.29, 0.717) is 10.8 Å². The van der Waals surface area contributed by atoms with E-state index in [1.54, 1.807) is 60.7 Å². The van der Waals surface area contributed by atoms with Crippen LogP contribution in [0.3, 0.4) is 0 Å². The van der Waals surface area contributed by atoms with Crippen LogP contribution in [-0.2, 0) is 28.0 Å². The molecule has 0 saturated heterocycles. The zero-order valence-electron chi connectivity index (χ0n) is 21.9. The lowest BCUT2D eigenvalue weighted by molar-refractivity contribution is -0.119. The lowest BCUT2D eigenvalue weighted by Crippen LogP contribution is -2.40. The van der Waals surface area contributed by atoms with Crippen LogP contribution in [0, 0.1) is 12.7 Å². The standard InChI is InChI=1S/C30H28ClFN2O5S/c1-21-3-14-27(15-4-21)40(36,37)34(28-17-24(31)9-16-29(28)38-2)19-30(35)33-18-22-7-12-26(13-8-22)39-20-23-5-10-25(32)11-6-23/h3-17H,18-20H2,1-2H3,(H,33,35). The zero-order chi connectivity index (χ0) is 28.7. The van der Waals surface area contributed by atoms with E-state index in [9.17, 15) is 17.6 Å². The van der Waals surface area contributed by atoms with Crippen LogP contribution in [0.15, 0.2) is 95.9 Å². The van der Waals surface area contributed by atoms with Gasteiger partial charge in [-0.2, -0.15) is 0 Å². The Kier molecular flexibility index (Phi) is 9.29. The molecule has 0 unspecified atom stereocenters. The third-order valence-corrected chi connectivity index (χ3v) is 8.05. The second kappa shape index (κ2) is 12.8. The monoisotopic (exact) mass is 582 g/mol. The highest BCUT2D eigenvalue weighted by Gasteiger charge is 2.29. The fourth-order valence-corrected chi connectivity index (χ4v) is 5.42.